The summed E-state index contributed by atoms with van der Waals surface area (Å²) in [6.45, 7) is 1.59. The van der Waals surface area contributed by atoms with E-state index in [1.54, 1.807) is 11.9 Å². The molecule has 0 bridgehead atoms. The number of hydrogen-bond donors (Lipinski definition) is 2. The van der Waals surface area contributed by atoms with Crippen molar-refractivity contribution in [2.24, 2.45) is 0 Å². The van der Waals surface area contributed by atoms with Crippen molar-refractivity contribution in [1.82, 2.24) is 9.80 Å². The van der Waals surface area contributed by atoms with Gasteiger partial charge in [-0.05, 0) is 36.6 Å². The van der Waals surface area contributed by atoms with Crippen LogP contribution in [0.3, 0.4) is 0 Å². The van der Waals surface area contributed by atoms with Crippen molar-refractivity contribution in [2.75, 3.05) is 30.8 Å². The second kappa shape index (κ2) is 9.90. The highest BCUT2D eigenvalue weighted by molar-refractivity contribution is 5.99. The summed E-state index contributed by atoms with van der Waals surface area (Å²) in [5.41, 5.74) is 2.28. The van der Waals surface area contributed by atoms with E-state index in [1.807, 2.05) is 29.2 Å². The number of hydrogen-bond acceptors (Lipinski definition) is 6. The number of anilines is 2. The molecule has 0 atom stereocenters. The van der Waals surface area contributed by atoms with Gasteiger partial charge in [-0.25, -0.2) is 4.79 Å². The Hall–Kier alpha value is -3.95. The number of urea groups is 1. The molecule has 10 heteroatoms. The van der Waals surface area contributed by atoms with Gasteiger partial charge in [0, 0.05) is 62.9 Å². The molecule has 0 radical (unpaired) electrons. The number of amides is 3. The van der Waals surface area contributed by atoms with Crippen molar-refractivity contribution in [2.45, 2.75) is 38.3 Å². The third-order valence-electron chi connectivity index (χ3n) is 6.47. The molecule has 1 saturated heterocycles. The van der Waals surface area contributed by atoms with Crippen LogP contribution in [-0.2, 0) is 11.3 Å². The highest BCUT2D eigenvalue weighted by Crippen LogP contribution is 2.28. The van der Waals surface area contributed by atoms with Gasteiger partial charge in [-0.1, -0.05) is 18.2 Å². The molecule has 34 heavy (non-hydrogen) atoms. The minimum Gasteiger partial charge on any atom is -0.383 e. The fourth-order valence-electron chi connectivity index (χ4n) is 4.53. The van der Waals surface area contributed by atoms with E-state index in [-0.39, 0.29) is 47.9 Å². The fourth-order valence-corrected chi connectivity index (χ4v) is 4.53. The Morgan fingerprint density at radius 2 is 1.88 bits per heavy atom. The molecule has 0 saturated carbocycles. The van der Waals surface area contributed by atoms with Gasteiger partial charge in [0.05, 0.1) is 4.92 Å². The second-order valence-electron chi connectivity index (χ2n) is 8.49. The first-order chi connectivity index (χ1) is 16.4. The van der Waals surface area contributed by atoms with Gasteiger partial charge in [0.1, 0.15) is 5.69 Å². The zero-order chi connectivity index (χ0) is 24.2. The molecular weight excluding hydrogens is 438 g/mol. The number of rotatable bonds is 7. The molecule has 0 aromatic heterocycles. The lowest BCUT2D eigenvalue weighted by atomic mass is 10.00. The van der Waals surface area contributed by atoms with Crippen molar-refractivity contribution in [3.05, 3.63) is 63.7 Å². The normalized spacial score (nSPS) is 16.0. The summed E-state index contributed by atoms with van der Waals surface area (Å²) in [4.78, 5) is 52.0. The molecule has 0 unspecified atom stereocenters. The predicted molar refractivity (Wildman–Crippen MR) is 127 cm³/mol. The van der Waals surface area contributed by atoms with Crippen molar-refractivity contribution >= 4 is 34.8 Å². The van der Waals surface area contributed by atoms with Crippen LogP contribution in [0, 0.1) is 10.1 Å². The van der Waals surface area contributed by atoms with Crippen LogP contribution < -0.4 is 10.6 Å². The summed E-state index contributed by atoms with van der Waals surface area (Å²) < 4.78 is 0. The van der Waals surface area contributed by atoms with Crippen LogP contribution in [0.1, 0.15) is 41.6 Å². The summed E-state index contributed by atoms with van der Waals surface area (Å²) >= 11 is 0. The van der Waals surface area contributed by atoms with Gasteiger partial charge in [-0.3, -0.25) is 19.7 Å². The number of nitro groups is 1. The first kappa shape index (κ1) is 23.2. The van der Waals surface area contributed by atoms with Gasteiger partial charge in [0.15, 0.2) is 5.78 Å². The van der Waals surface area contributed by atoms with E-state index in [4.69, 9.17) is 0 Å². The number of ketones is 1. The monoisotopic (exact) mass is 465 g/mol. The number of benzene rings is 2. The van der Waals surface area contributed by atoms with Crippen molar-refractivity contribution in [1.29, 1.82) is 0 Å². The number of nitrogens with one attached hydrogen (secondary N) is 2. The number of piperidine rings is 1. The molecule has 178 valence electrons. The minimum absolute atomic E-state index is 0.0138. The van der Waals surface area contributed by atoms with Gasteiger partial charge in [-0.15, -0.1) is 0 Å². The third kappa shape index (κ3) is 4.85. The Kier molecular flexibility index (Phi) is 6.76. The van der Waals surface area contributed by atoms with Crippen molar-refractivity contribution in [3.8, 4) is 0 Å². The Labute approximate surface area is 197 Å². The highest BCUT2D eigenvalue weighted by Gasteiger charge is 2.32. The fraction of sp³-hybridized carbons (Fsp3) is 0.375. The quantitative estimate of drug-likeness (QED) is 0.365. The van der Waals surface area contributed by atoms with Gasteiger partial charge in [0.2, 0.25) is 5.91 Å². The lowest BCUT2D eigenvalue weighted by molar-refractivity contribution is -0.384. The number of carbonyl (C=O) groups excluding carboxylic acids is 3. The number of Topliss-reactive ketones (excluding diaryl/α,β-unsaturated/α-hetero) is 1. The summed E-state index contributed by atoms with van der Waals surface area (Å²) in [5, 5.41) is 16.9. The first-order valence-corrected chi connectivity index (χ1v) is 11.3. The average molecular weight is 466 g/mol. The summed E-state index contributed by atoms with van der Waals surface area (Å²) in [5.74, 6) is -0.431. The van der Waals surface area contributed by atoms with E-state index in [2.05, 4.69) is 10.6 Å². The summed E-state index contributed by atoms with van der Waals surface area (Å²) in [6, 6.07) is 11.9. The number of para-hydroxylation sites is 1. The van der Waals surface area contributed by atoms with Gasteiger partial charge in [-0.2, -0.15) is 0 Å². The maximum atomic E-state index is 12.7. The molecular formula is C24H27N5O5. The lowest BCUT2D eigenvalue weighted by Crippen LogP contribution is -2.51. The van der Waals surface area contributed by atoms with Crippen molar-refractivity contribution in [3.63, 3.8) is 0 Å². The Bertz CT molecular complexity index is 1130. The number of likely N-dealkylation sites (tertiary alicyclic amines) is 1. The number of nitrogens with zero attached hydrogens (tertiary/aromatic N) is 3. The standard InChI is InChI=1S/C24H27N5O5/c1-25-20-7-6-16(14-21(20)29(33)34)22(30)8-9-23(31)27-12-10-18(11-13-27)28-15-17-4-2-3-5-19(17)26-24(28)32/h2-7,14,18,25H,8-13,15H2,1H3,(H,26,32). The van der Waals surface area contributed by atoms with Crippen LogP contribution in [0.25, 0.3) is 0 Å². The van der Waals surface area contributed by atoms with Crippen LogP contribution >= 0.6 is 0 Å². The SMILES string of the molecule is CNc1ccc(C(=O)CCC(=O)N2CCC(N3Cc4ccccc4NC3=O)CC2)cc1[N+](=O)[O-]. The van der Waals surface area contributed by atoms with E-state index in [9.17, 15) is 24.5 Å². The molecule has 4 rings (SSSR count). The maximum Gasteiger partial charge on any atom is 0.322 e. The van der Waals surface area contributed by atoms with Crippen LogP contribution in [0.15, 0.2) is 42.5 Å². The van der Waals surface area contributed by atoms with Crippen LogP contribution in [0.2, 0.25) is 0 Å². The maximum absolute atomic E-state index is 12.7. The zero-order valence-electron chi connectivity index (χ0n) is 19.0. The second-order valence-corrected chi connectivity index (χ2v) is 8.49. The molecule has 1 fully saturated rings. The molecule has 2 aromatic carbocycles. The number of nitro benzene ring substituents is 1. The van der Waals surface area contributed by atoms with Gasteiger partial charge in [0.25, 0.3) is 5.69 Å². The highest BCUT2D eigenvalue weighted by atomic mass is 16.6. The molecule has 0 spiro atoms. The predicted octanol–water partition coefficient (Wildman–Crippen LogP) is 3.64. The Morgan fingerprint density at radius 3 is 2.59 bits per heavy atom. The number of fused-ring (bicyclic) bond motifs is 1. The van der Waals surface area contributed by atoms with E-state index in [0.29, 0.717) is 38.2 Å². The zero-order valence-corrected chi connectivity index (χ0v) is 19.0. The van der Waals surface area contributed by atoms with Crippen LogP contribution in [-0.4, -0.2) is 58.6 Å². The smallest absolute Gasteiger partial charge is 0.322 e. The molecule has 2 N–H and O–H groups in total. The average Bonchev–Trinajstić information content (AvgIpc) is 2.86. The molecule has 2 aliphatic heterocycles. The molecule has 2 aliphatic rings. The first-order valence-electron chi connectivity index (χ1n) is 11.3. The van der Waals surface area contributed by atoms with E-state index in [1.165, 1.54) is 18.2 Å². The molecule has 0 aliphatic carbocycles. The topological polar surface area (TPSA) is 125 Å². The van der Waals surface area contributed by atoms with Crippen LogP contribution in [0.4, 0.5) is 21.9 Å². The number of carbonyl (C=O) groups is 3. The van der Waals surface area contributed by atoms with Gasteiger partial charge < -0.3 is 20.4 Å². The van der Waals surface area contributed by atoms with E-state index < -0.39 is 4.92 Å². The van der Waals surface area contributed by atoms with Crippen LogP contribution in [0.5, 0.6) is 0 Å². The minimum atomic E-state index is -0.543. The largest absolute Gasteiger partial charge is 0.383 e. The molecule has 10 nitrogen and oxygen atoms in total. The molecule has 3 amide bonds. The van der Waals surface area contributed by atoms with Gasteiger partial charge >= 0.3 is 6.03 Å². The summed E-state index contributed by atoms with van der Waals surface area (Å²) in [6.07, 6.45) is 1.38. The van der Waals surface area contributed by atoms with Crippen molar-refractivity contribution < 1.29 is 19.3 Å². The third-order valence-corrected chi connectivity index (χ3v) is 6.47. The lowest BCUT2D eigenvalue weighted by Gasteiger charge is -2.40. The Morgan fingerprint density at radius 1 is 1.15 bits per heavy atom. The van der Waals surface area contributed by atoms with E-state index >= 15 is 0 Å². The molecule has 2 heterocycles. The Balaban J connectivity index is 1.29. The van der Waals surface area contributed by atoms with E-state index in [0.717, 1.165) is 11.3 Å². The summed E-state index contributed by atoms with van der Waals surface area (Å²) in [7, 11) is 1.57. The molecule has 2 aromatic rings.